The Labute approximate surface area is 139 Å². The van der Waals surface area contributed by atoms with Crippen molar-refractivity contribution in [2.24, 2.45) is 13.0 Å². The first-order chi connectivity index (χ1) is 11.2. The smallest absolute Gasteiger partial charge is 0.0587 e. The van der Waals surface area contributed by atoms with E-state index in [-0.39, 0.29) is 5.41 Å². The van der Waals surface area contributed by atoms with E-state index in [1.165, 1.54) is 60.6 Å². The zero-order chi connectivity index (χ0) is 15.9. The maximum absolute atomic E-state index is 3.72. The van der Waals surface area contributed by atoms with Crippen LogP contribution in [-0.4, -0.2) is 4.57 Å². The third kappa shape index (κ3) is 2.61. The second-order valence-electron chi connectivity index (χ2n) is 7.37. The molecule has 0 amide bonds. The lowest BCUT2D eigenvalue weighted by Crippen LogP contribution is -2.22. The molecule has 0 N–H and O–H groups in total. The number of nitrogens with zero attached hydrogens (tertiary/aromatic N) is 1. The molecule has 1 aromatic carbocycles. The molecule has 2 aromatic rings. The van der Waals surface area contributed by atoms with Crippen molar-refractivity contribution in [3.05, 3.63) is 47.7 Å². The van der Waals surface area contributed by atoms with Gasteiger partial charge in [-0.1, -0.05) is 36.1 Å². The summed E-state index contributed by atoms with van der Waals surface area (Å²) in [6.45, 7) is 2.36. The molecular formula is C22H25N. The van der Waals surface area contributed by atoms with Crippen LogP contribution in [0.4, 0.5) is 0 Å². The molecule has 2 aliphatic carbocycles. The number of rotatable bonds is 2. The van der Waals surface area contributed by atoms with Crippen LogP contribution in [0.1, 0.15) is 51.0 Å². The average Bonchev–Trinajstić information content (AvgIpc) is 3.39. The molecule has 1 saturated carbocycles. The first-order valence-corrected chi connectivity index (χ1v) is 8.95. The molecule has 1 nitrogen and oxygen atoms in total. The Bertz CT molecular complexity index is 823. The lowest BCUT2D eigenvalue weighted by Gasteiger charge is -2.23. The Morgan fingerprint density at radius 1 is 1.17 bits per heavy atom. The zero-order valence-electron chi connectivity index (χ0n) is 14.2. The summed E-state index contributed by atoms with van der Waals surface area (Å²) in [5.41, 5.74) is 4.08. The number of benzene rings is 1. The molecule has 0 bridgehead atoms. The fraction of sp³-hybridized carbons (Fsp3) is 0.455. The number of fused-ring (bicyclic) bond motifs is 1. The van der Waals surface area contributed by atoms with Gasteiger partial charge in [-0.2, -0.15) is 0 Å². The number of aromatic nitrogens is 1. The highest BCUT2D eigenvalue weighted by molar-refractivity contribution is 5.85. The summed E-state index contributed by atoms with van der Waals surface area (Å²) in [5, 5.41) is 1.37. The summed E-state index contributed by atoms with van der Waals surface area (Å²) in [7, 11) is 2.15. The molecule has 1 aromatic heterocycles. The van der Waals surface area contributed by atoms with Crippen LogP contribution < -0.4 is 0 Å². The summed E-state index contributed by atoms with van der Waals surface area (Å²) in [4.78, 5) is 0. The number of hydrogen-bond donors (Lipinski definition) is 0. The minimum atomic E-state index is -0.0147. The first-order valence-electron chi connectivity index (χ1n) is 8.95. The minimum absolute atomic E-state index is 0.0147. The molecule has 2 aliphatic rings. The van der Waals surface area contributed by atoms with E-state index in [0.717, 1.165) is 0 Å². The highest BCUT2D eigenvalue weighted by Gasteiger charge is 2.43. The summed E-state index contributed by atoms with van der Waals surface area (Å²) in [5.74, 6) is 7.99. The molecule has 1 fully saturated rings. The Kier molecular flexibility index (Phi) is 3.57. The van der Waals surface area contributed by atoms with Crippen LogP contribution in [0.3, 0.4) is 0 Å². The maximum Gasteiger partial charge on any atom is 0.0587 e. The van der Waals surface area contributed by atoms with Crippen LogP contribution in [-0.2, 0) is 12.5 Å². The predicted molar refractivity (Wildman–Crippen MR) is 97.3 cm³/mol. The van der Waals surface area contributed by atoms with Gasteiger partial charge in [0.25, 0.3) is 0 Å². The second kappa shape index (κ2) is 5.60. The lowest BCUT2D eigenvalue weighted by atomic mass is 9.78. The topological polar surface area (TPSA) is 4.93 Å². The van der Waals surface area contributed by atoms with E-state index >= 15 is 0 Å². The summed E-state index contributed by atoms with van der Waals surface area (Å²) < 4.78 is 2.26. The third-order valence-corrected chi connectivity index (χ3v) is 5.62. The van der Waals surface area contributed by atoms with E-state index in [1.54, 1.807) is 0 Å². The van der Waals surface area contributed by atoms with Crippen molar-refractivity contribution in [1.82, 2.24) is 4.57 Å². The highest BCUT2D eigenvalue weighted by atomic mass is 14.9. The van der Waals surface area contributed by atoms with Crippen molar-refractivity contribution in [3.63, 3.8) is 0 Å². The van der Waals surface area contributed by atoms with Crippen molar-refractivity contribution in [2.45, 2.75) is 50.9 Å². The minimum Gasteiger partial charge on any atom is -0.350 e. The van der Waals surface area contributed by atoms with Crippen molar-refractivity contribution in [2.75, 3.05) is 0 Å². The lowest BCUT2D eigenvalue weighted by molar-refractivity contribution is 0.538. The summed E-state index contributed by atoms with van der Waals surface area (Å²) in [6.07, 6.45) is 12.3. The molecule has 1 unspecified atom stereocenters. The van der Waals surface area contributed by atoms with Gasteiger partial charge in [0.15, 0.2) is 0 Å². The van der Waals surface area contributed by atoms with Crippen LogP contribution >= 0.6 is 0 Å². The molecule has 23 heavy (non-hydrogen) atoms. The molecule has 0 aliphatic heterocycles. The molecule has 0 saturated heterocycles. The fourth-order valence-electron chi connectivity index (χ4n) is 3.97. The Morgan fingerprint density at radius 2 is 2.00 bits per heavy atom. The number of allylic oxidation sites excluding steroid dienone is 2. The normalized spacial score (nSPS) is 20.5. The number of aryl methyl sites for hydroxylation is 1. The van der Waals surface area contributed by atoms with E-state index in [9.17, 15) is 0 Å². The molecule has 0 radical (unpaired) electrons. The average molecular weight is 303 g/mol. The summed E-state index contributed by atoms with van der Waals surface area (Å²) >= 11 is 0. The third-order valence-electron chi connectivity index (χ3n) is 5.62. The monoisotopic (exact) mass is 303 g/mol. The van der Waals surface area contributed by atoms with Gasteiger partial charge in [-0.15, -0.1) is 0 Å². The van der Waals surface area contributed by atoms with Crippen LogP contribution in [0.5, 0.6) is 0 Å². The number of para-hydroxylation sites is 1. The summed E-state index contributed by atoms with van der Waals surface area (Å²) in [6, 6.07) is 8.74. The van der Waals surface area contributed by atoms with Gasteiger partial charge in [0.2, 0.25) is 0 Å². The predicted octanol–water partition coefficient (Wildman–Crippen LogP) is 5.35. The van der Waals surface area contributed by atoms with Crippen molar-refractivity contribution in [1.29, 1.82) is 0 Å². The Balaban J connectivity index is 1.81. The molecule has 1 heterocycles. The van der Waals surface area contributed by atoms with Crippen molar-refractivity contribution >= 4 is 10.9 Å². The van der Waals surface area contributed by atoms with E-state index in [0.29, 0.717) is 5.92 Å². The van der Waals surface area contributed by atoms with Gasteiger partial charge in [0, 0.05) is 24.1 Å². The van der Waals surface area contributed by atoms with Gasteiger partial charge < -0.3 is 4.57 Å². The van der Waals surface area contributed by atoms with Gasteiger partial charge in [-0.05, 0) is 68.6 Å². The SMILES string of the molecule is Cn1cc(C(C)(C#CC2=CCCCC2)C2CC2)c2ccccc21. The molecule has 1 atom stereocenters. The highest BCUT2D eigenvalue weighted by Crippen LogP contribution is 2.49. The molecule has 1 heteroatoms. The van der Waals surface area contributed by atoms with E-state index in [2.05, 4.69) is 66.9 Å². The quantitative estimate of drug-likeness (QED) is 0.659. The molecule has 4 rings (SSSR count). The van der Waals surface area contributed by atoms with E-state index < -0.39 is 0 Å². The van der Waals surface area contributed by atoms with Gasteiger partial charge >= 0.3 is 0 Å². The van der Waals surface area contributed by atoms with Crippen LogP contribution in [0.15, 0.2) is 42.1 Å². The Morgan fingerprint density at radius 3 is 2.74 bits per heavy atom. The van der Waals surface area contributed by atoms with Crippen molar-refractivity contribution in [3.8, 4) is 11.8 Å². The zero-order valence-corrected chi connectivity index (χ0v) is 14.2. The maximum atomic E-state index is 3.72. The first kappa shape index (κ1) is 14.6. The van der Waals surface area contributed by atoms with Crippen molar-refractivity contribution < 1.29 is 0 Å². The Hall–Kier alpha value is -1.94. The molecule has 0 spiro atoms. The standard InChI is InChI=1S/C22H25N/c1-22(18-12-13-18,15-14-17-8-4-3-5-9-17)20-16-23(2)21-11-7-6-10-19(20)21/h6-8,10-11,16,18H,3-5,9,12-13H2,1-2H3. The van der Waals surface area contributed by atoms with Crippen LogP contribution in [0.25, 0.3) is 10.9 Å². The van der Waals surface area contributed by atoms with Gasteiger partial charge in [-0.25, -0.2) is 0 Å². The second-order valence-corrected chi connectivity index (χ2v) is 7.37. The van der Waals surface area contributed by atoms with Gasteiger partial charge in [0.1, 0.15) is 0 Å². The molecule has 118 valence electrons. The van der Waals surface area contributed by atoms with Gasteiger partial charge in [0.05, 0.1) is 5.41 Å². The van der Waals surface area contributed by atoms with Crippen LogP contribution in [0, 0.1) is 17.8 Å². The van der Waals surface area contributed by atoms with Crippen LogP contribution in [0.2, 0.25) is 0 Å². The van der Waals surface area contributed by atoms with E-state index in [1.807, 2.05) is 0 Å². The van der Waals surface area contributed by atoms with Gasteiger partial charge in [-0.3, -0.25) is 0 Å². The largest absolute Gasteiger partial charge is 0.350 e. The number of hydrogen-bond acceptors (Lipinski definition) is 0. The van der Waals surface area contributed by atoms with E-state index in [4.69, 9.17) is 0 Å². The molecular weight excluding hydrogens is 278 g/mol. The fourth-order valence-corrected chi connectivity index (χ4v) is 3.97.